The van der Waals surface area contributed by atoms with Crippen LogP contribution in [0.3, 0.4) is 0 Å². The number of aromatic nitrogens is 1. The number of carbonyl (C=O) groups excluding carboxylic acids is 1. The predicted octanol–water partition coefficient (Wildman–Crippen LogP) is 4.43. The predicted molar refractivity (Wildman–Crippen MR) is 164 cm³/mol. The maximum Gasteiger partial charge on any atom is 0.338 e. The van der Waals surface area contributed by atoms with Crippen LogP contribution in [0, 0.1) is 0 Å². The number of esters is 1. The Morgan fingerprint density at radius 1 is 1.07 bits per heavy atom. The first-order valence-electron chi connectivity index (χ1n) is 13.3. The van der Waals surface area contributed by atoms with Crippen molar-refractivity contribution in [2.24, 2.45) is 4.99 Å². The van der Waals surface area contributed by atoms with E-state index in [9.17, 15) is 9.59 Å². The van der Waals surface area contributed by atoms with Gasteiger partial charge in [0.1, 0.15) is 23.3 Å². The normalized spacial score (nSPS) is 14.8. The zero-order chi connectivity index (χ0) is 29.8. The lowest BCUT2D eigenvalue weighted by Crippen LogP contribution is -2.40. The minimum Gasteiger partial charge on any atom is -0.497 e. The number of nitrogens with zero attached hydrogens (tertiary/aromatic N) is 3. The van der Waals surface area contributed by atoms with Crippen LogP contribution >= 0.6 is 27.3 Å². The third kappa shape index (κ3) is 5.78. The van der Waals surface area contributed by atoms with E-state index < -0.39 is 12.0 Å². The Morgan fingerprint density at radius 2 is 1.78 bits per heavy atom. The van der Waals surface area contributed by atoms with Crippen molar-refractivity contribution in [1.82, 2.24) is 4.57 Å². The van der Waals surface area contributed by atoms with Crippen LogP contribution in [0.4, 0.5) is 5.69 Å². The van der Waals surface area contributed by atoms with Gasteiger partial charge in [0, 0.05) is 40.8 Å². The van der Waals surface area contributed by atoms with Gasteiger partial charge < -0.3 is 23.8 Å². The number of hydrogen-bond donors (Lipinski definition) is 0. The number of allylic oxidation sites excluding steroid dienone is 1. The van der Waals surface area contributed by atoms with Gasteiger partial charge in [0.05, 0.1) is 49.4 Å². The maximum absolute atomic E-state index is 14.1. The van der Waals surface area contributed by atoms with Crippen LogP contribution in [0.25, 0.3) is 6.08 Å². The first-order chi connectivity index (χ1) is 19.7. The second-order valence-corrected chi connectivity index (χ2v) is 11.0. The zero-order valence-electron chi connectivity index (χ0n) is 24.2. The molecule has 218 valence electrons. The molecule has 0 fully saturated rings. The van der Waals surface area contributed by atoms with Crippen LogP contribution in [-0.2, 0) is 9.53 Å². The fourth-order valence-electron chi connectivity index (χ4n) is 4.93. The van der Waals surface area contributed by atoms with Crippen LogP contribution in [0.15, 0.2) is 55.9 Å². The number of hydrogen-bond acceptors (Lipinski definition) is 9. The fraction of sp³-hybridized carbons (Fsp3) is 0.367. The minimum absolute atomic E-state index is 0.185. The first-order valence-corrected chi connectivity index (χ1v) is 14.9. The van der Waals surface area contributed by atoms with E-state index >= 15 is 0 Å². The van der Waals surface area contributed by atoms with Gasteiger partial charge in [-0.05, 0) is 67.9 Å². The molecule has 11 heteroatoms. The number of halogens is 1. The number of carbonyl (C=O) groups is 1. The molecular formula is C30H34BrN3O6S. The van der Waals surface area contributed by atoms with Gasteiger partial charge in [-0.2, -0.15) is 0 Å². The second kappa shape index (κ2) is 12.9. The van der Waals surface area contributed by atoms with E-state index in [-0.39, 0.29) is 17.7 Å². The Bertz CT molecular complexity index is 1670. The van der Waals surface area contributed by atoms with Crippen molar-refractivity contribution in [3.05, 3.63) is 76.9 Å². The van der Waals surface area contributed by atoms with Gasteiger partial charge in [0.2, 0.25) is 0 Å². The molecule has 4 rings (SSSR count). The molecule has 1 atom stereocenters. The molecule has 0 radical (unpaired) electrons. The summed E-state index contributed by atoms with van der Waals surface area (Å²) in [5, 5.41) is 0. The molecule has 1 aliphatic rings. The molecule has 1 aliphatic heterocycles. The molecule has 2 aromatic carbocycles. The van der Waals surface area contributed by atoms with Gasteiger partial charge in [-0.1, -0.05) is 11.3 Å². The quantitative estimate of drug-likeness (QED) is 0.302. The fourth-order valence-corrected chi connectivity index (χ4v) is 6.57. The van der Waals surface area contributed by atoms with E-state index in [1.54, 1.807) is 52.3 Å². The Labute approximate surface area is 251 Å². The van der Waals surface area contributed by atoms with E-state index in [2.05, 4.69) is 39.7 Å². The number of ether oxygens (including phenoxy) is 4. The van der Waals surface area contributed by atoms with Crippen LogP contribution in [0.5, 0.6) is 17.2 Å². The third-order valence-electron chi connectivity index (χ3n) is 6.94. The number of rotatable bonds is 10. The highest BCUT2D eigenvalue weighted by Gasteiger charge is 2.35. The van der Waals surface area contributed by atoms with Crippen LogP contribution in [-0.4, -0.2) is 51.6 Å². The Morgan fingerprint density at radius 3 is 2.39 bits per heavy atom. The van der Waals surface area contributed by atoms with Crippen molar-refractivity contribution in [1.29, 1.82) is 0 Å². The number of fused-ring (bicyclic) bond motifs is 1. The summed E-state index contributed by atoms with van der Waals surface area (Å²) in [7, 11) is 4.71. The molecule has 41 heavy (non-hydrogen) atoms. The lowest BCUT2D eigenvalue weighted by atomic mass is 9.95. The summed E-state index contributed by atoms with van der Waals surface area (Å²) in [5.74, 6) is 1.15. The van der Waals surface area contributed by atoms with E-state index in [1.165, 1.54) is 23.0 Å². The molecule has 0 spiro atoms. The average molecular weight is 645 g/mol. The standard InChI is InChI=1S/C30H34BrN3O6S/c1-8-33(9-2)22-16-23(38-6)18(13-21(22)31)14-25-28(35)34-27(20-12-11-19(37-5)15-24(20)39-7)26(29(36)40-10-3)17(4)32-30(34)41-25/h11-16,27H,8-10H2,1-7H3/b25-14+/t27-/m0/s1. The highest BCUT2D eigenvalue weighted by Crippen LogP contribution is 2.38. The van der Waals surface area contributed by atoms with Crippen molar-refractivity contribution in [3.63, 3.8) is 0 Å². The van der Waals surface area contributed by atoms with Crippen molar-refractivity contribution in [2.75, 3.05) is 45.9 Å². The van der Waals surface area contributed by atoms with Crippen LogP contribution < -0.4 is 34.0 Å². The zero-order valence-corrected chi connectivity index (χ0v) is 26.6. The summed E-state index contributed by atoms with van der Waals surface area (Å²) in [4.78, 5) is 34.7. The van der Waals surface area contributed by atoms with E-state index in [4.69, 9.17) is 18.9 Å². The maximum atomic E-state index is 14.1. The second-order valence-electron chi connectivity index (χ2n) is 9.13. The number of methoxy groups -OCH3 is 3. The largest absolute Gasteiger partial charge is 0.497 e. The molecular weight excluding hydrogens is 610 g/mol. The van der Waals surface area contributed by atoms with Gasteiger partial charge >= 0.3 is 5.97 Å². The van der Waals surface area contributed by atoms with Gasteiger partial charge in [0.25, 0.3) is 5.56 Å². The van der Waals surface area contributed by atoms with Gasteiger partial charge in [0.15, 0.2) is 4.80 Å². The molecule has 0 N–H and O–H groups in total. The van der Waals surface area contributed by atoms with Crippen LogP contribution in [0.1, 0.15) is 44.9 Å². The van der Waals surface area contributed by atoms with E-state index in [0.717, 1.165) is 28.8 Å². The Hall–Kier alpha value is -3.57. The molecule has 0 saturated carbocycles. The lowest BCUT2D eigenvalue weighted by Gasteiger charge is -2.26. The summed E-state index contributed by atoms with van der Waals surface area (Å²) in [6, 6.07) is 8.39. The highest BCUT2D eigenvalue weighted by molar-refractivity contribution is 9.10. The van der Waals surface area contributed by atoms with Crippen molar-refractivity contribution >= 4 is 45.0 Å². The smallest absolute Gasteiger partial charge is 0.338 e. The Balaban J connectivity index is 1.97. The monoisotopic (exact) mass is 643 g/mol. The summed E-state index contributed by atoms with van der Waals surface area (Å²) in [6.45, 7) is 9.54. The summed E-state index contributed by atoms with van der Waals surface area (Å²) >= 11 is 4.94. The summed E-state index contributed by atoms with van der Waals surface area (Å²) < 4.78 is 25.1. The molecule has 9 nitrogen and oxygen atoms in total. The van der Waals surface area contributed by atoms with Crippen LogP contribution in [0.2, 0.25) is 0 Å². The molecule has 0 saturated heterocycles. The van der Waals surface area contributed by atoms with Gasteiger partial charge in [-0.15, -0.1) is 0 Å². The molecule has 0 aliphatic carbocycles. The first kappa shape index (κ1) is 30.4. The van der Waals surface area contributed by atoms with Crippen molar-refractivity contribution in [2.45, 2.75) is 33.7 Å². The SMILES string of the molecule is CCOC(=O)C1=C(C)N=c2s/c(=C/c3cc(Br)c(N(CC)CC)cc3OC)c(=O)n2[C@H]1c1ccc(OC)cc1OC. The molecule has 0 amide bonds. The molecule has 0 bridgehead atoms. The molecule has 1 aromatic heterocycles. The van der Waals surface area contributed by atoms with Crippen molar-refractivity contribution < 1.29 is 23.7 Å². The molecule has 0 unspecified atom stereocenters. The van der Waals surface area contributed by atoms with E-state index in [0.29, 0.717) is 37.8 Å². The number of thiazole rings is 1. The summed E-state index contributed by atoms with van der Waals surface area (Å²) in [6.07, 6.45) is 1.80. The van der Waals surface area contributed by atoms with Gasteiger partial charge in [-0.25, -0.2) is 9.79 Å². The number of anilines is 1. The average Bonchev–Trinajstić information content (AvgIpc) is 3.27. The number of benzene rings is 2. The minimum atomic E-state index is -0.813. The third-order valence-corrected chi connectivity index (χ3v) is 8.56. The molecule has 3 aromatic rings. The topological polar surface area (TPSA) is 91.6 Å². The lowest BCUT2D eigenvalue weighted by molar-refractivity contribution is -0.139. The van der Waals surface area contributed by atoms with Crippen molar-refractivity contribution in [3.8, 4) is 17.2 Å². The van der Waals surface area contributed by atoms with Gasteiger partial charge in [-0.3, -0.25) is 9.36 Å². The van der Waals surface area contributed by atoms with E-state index in [1.807, 2.05) is 12.1 Å². The molecule has 2 heterocycles. The summed E-state index contributed by atoms with van der Waals surface area (Å²) in [5.41, 5.74) is 2.81. The Kier molecular flexibility index (Phi) is 9.60. The highest BCUT2D eigenvalue weighted by atomic mass is 79.9.